The topological polar surface area (TPSA) is 6.48 Å². The molecule has 0 atom stereocenters. The van der Waals surface area contributed by atoms with Gasteiger partial charge in [0.2, 0.25) is 0 Å². The maximum atomic E-state index is 2.37. The zero-order valence-electron chi connectivity index (χ0n) is 34.3. The van der Waals surface area contributed by atoms with Gasteiger partial charge in [-0.15, -0.1) is 0 Å². The fraction of sp³-hybridized carbons (Fsp3) is 0. The van der Waals surface area contributed by atoms with Crippen LogP contribution < -0.4 is 9.80 Å². The van der Waals surface area contributed by atoms with Crippen molar-refractivity contribution in [1.29, 1.82) is 0 Å². The first kappa shape index (κ1) is 38.0. The second-order valence-corrected chi connectivity index (χ2v) is 15.4. The summed E-state index contributed by atoms with van der Waals surface area (Å²) in [4.78, 5) is 4.69. The average molecular weight is 793 g/mol. The summed E-state index contributed by atoms with van der Waals surface area (Å²) >= 11 is 0. The lowest BCUT2D eigenvalue weighted by Gasteiger charge is -2.28. The highest BCUT2D eigenvalue weighted by Crippen LogP contribution is 2.43. The molecule has 0 unspecified atom stereocenters. The molecule has 0 aliphatic heterocycles. The molecule has 10 aromatic rings. The Kier molecular flexibility index (Phi) is 10.8. The summed E-state index contributed by atoms with van der Waals surface area (Å²) in [6.07, 6.45) is 0. The third-order valence-electron chi connectivity index (χ3n) is 11.5. The molecule has 2 nitrogen and oxygen atoms in total. The highest BCUT2D eigenvalue weighted by molar-refractivity contribution is 5.90. The van der Waals surface area contributed by atoms with Crippen molar-refractivity contribution < 1.29 is 0 Å². The van der Waals surface area contributed by atoms with Crippen LogP contribution in [0.3, 0.4) is 0 Å². The van der Waals surface area contributed by atoms with Crippen LogP contribution in [0.5, 0.6) is 0 Å². The molecule has 0 spiro atoms. The van der Waals surface area contributed by atoms with Gasteiger partial charge in [0.1, 0.15) is 0 Å². The number of rotatable bonds is 11. The standard InChI is InChI=1S/C60H44N2/c1-5-15-45(16-6-1)49-29-37-55(38-30-49)61(54-21-11-4-12-22-54)56-39-31-52(32-40-56)48-25-27-53(28-26-48)59-23-13-14-24-60(59)62(57-41-33-50(34-42-57)46-17-7-2-8-18-46)58-43-35-51(36-44-58)47-19-9-3-10-20-47/h1-44H. The van der Waals surface area contributed by atoms with Crippen LogP contribution in [-0.4, -0.2) is 0 Å². The minimum atomic E-state index is 1.10. The van der Waals surface area contributed by atoms with Gasteiger partial charge in [0.05, 0.1) is 5.69 Å². The summed E-state index contributed by atoms with van der Waals surface area (Å²) in [5, 5.41) is 0. The smallest absolute Gasteiger partial charge is 0.0540 e. The first-order valence-electron chi connectivity index (χ1n) is 21.2. The van der Waals surface area contributed by atoms with Crippen LogP contribution in [0.15, 0.2) is 267 Å². The Bertz CT molecular complexity index is 2900. The molecule has 0 saturated carbocycles. The number of hydrogen-bond acceptors (Lipinski definition) is 2. The van der Waals surface area contributed by atoms with Gasteiger partial charge in [-0.1, -0.05) is 200 Å². The van der Waals surface area contributed by atoms with E-state index in [1.807, 2.05) is 0 Å². The first-order valence-corrected chi connectivity index (χ1v) is 21.2. The Morgan fingerprint density at radius 2 is 0.403 bits per heavy atom. The molecule has 0 amide bonds. The van der Waals surface area contributed by atoms with Crippen LogP contribution >= 0.6 is 0 Å². The number of benzene rings is 10. The largest absolute Gasteiger partial charge is 0.311 e. The van der Waals surface area contributed by atoms with E-state index in [4.69, 9.17) is 0 Å². The molecular formula is C60H44N2. The highest BCUT2D eigenvalue weighted by Gasteiger charge is 2.18. The molecule has 0 aliphatic rings. The van der Waals surface area contributed by atoms with Crippen LogP contribution in [0.25, 0.3) is 55.6 Å². The van der Waals surface area contributed by atoms with E-state index in [2.05, 4.69) is 277 Å². The Balaban J connectivity index is 0.961. The van der Waals surface area contributed by atoms with E-state index >= 15 is 0 Å². The van der Waals surface area contributed by atoms with Crippen molar-refractivity contribution in [2.75, 3.05) is 9.80 Å². The van der Waals surface area contributed by atoms with Crippen LogP contribution in [0.2, 0.25) is 0 Å². The molecule has 0 heterocycles. The second kappa shape index (κ2) is 17.6. The van der Waals surface area contributed by atoms with E-state index in [1.54, 1.807) is 0 Å². The van der Waals surface area contributed by atoms with Gasteiger partial charge in [0.15, 0.2) is 0 Å². The monoisotopic (exact) mass is 792 g/mol. The van der Waals surface area contributed by atoms with E-state index in [0.717, 1.165) is 45.3 Å². The van der Waals surface area contributed by atoms with E-state index < -0.39 is 0 Å². The van der Waals surface area contributed by atoms with Crippen LogP contribution in [0, 0.1) is 0 Å². The van der Waals surface area contributed by atoms with Crippen molar-refractivity contribution in [3.05, 3.63) is 267 Å². The van der Waals surface area contributed by atoms with Crippen LogP contribution in [0.4, 0.5) is 34.1 Å². The number of anilines is 6. The average Bonchev–Trinajstić information content (AvgIpc) is 3.36. The van der Waals surface area contributed by atoms with Gasteiger partial charge in [-0.3, -0.25) is 0 Å². The molecule has 0 N–H and O–H groups in total. The van der Waals surface area contributed by atoms with Gasteiger partial charge in [0.25, 0.3) is 0 Å². The maximum absolute atomic E-state index is 2.37. The van der Waals surface area contributed by atoms with Crippen molar-refractivity contribution in [1.82, 2.24) is 0 Å². The van der Waals surface area contributed by atoms with Crippen LogP contribution in [-0.2, 0) is 0 Å². The van der Waals surface area contributed by atoms with Gasteiger partial charge < -0.3 is 9.80 Å². The van der Waals surface area contributed by atoms with Crippen molar-refractivity contribution in [2.24, 2.45) is 0 Å². The normalized spacial score (nSPS) is 10.9. The van der Waals surface area contributed by atoms with Gasteiger partial charge in [-0.05, 0) is 117 Å². The summed E-state index contributed by atoms with van der Waals surface area (Å²) in [7, 11) is 0. The predicted octanol–water partition coefficient (Wildman–Crippen LogP) is 17.0. The zero-order valence-corrected chi connectivity index (χ0v) is 34.3. The van der Waals surface area contributed by atoms with E-state index in [0.29, 0.717) is 0 Å². The molecule has 10 rings (SSSR count). The quantitative estimate of drug-likeness (QED) is 0.129. The Hall–Kier alpha value is -8.20. The maximum Gasteiger partial charge on any atom is 0.0540 e. The summed E-state index contributed by atoms with van der Waals surface area (Å²) in [6.45, 7) is 0. The molecule has 0 aliphatic carbocycles. The van der Waals surface area contributed by atoms with Crippen molar-refractivity contribution >= 4 is 34.1 Å². The number of para-hydroxylation sites is 2. The lowest BCUT2D eigenvalue weighted by atomic mass is 9.97. The summed E-state index contributed by atoms with van der Waals surface area (Å²) in [5.41, 5.74) is 18.5. The molecule has 0 saturated heterocycles. The van der Waals surface area contributed by atoms with E-state index in [-0.39, 0.29) is 0 Å². The molecule has 0 radical (unpaired) electrons. The molecule has 62 heavy (non-hydrogen) atoms. The minimum Gasteiger partial charge on any atom is -0.311 e. The zero-order chi connectivity index (χ0) is 41.5. The third kappa shape index (κ3) is 8.06. The molecule has 0 bridgehead atoms. The summed E-state index contributed by atoms with van der Waals surface area (Å²) in [5.74, 6) is 0. The van der Waals surface area contributed by atoms with E-state index in [1.165, 1.54) is 44.5 Å². The van der Waals surface area contributed by atoms with E-state index in [9.17, 15) is 0 Å². The van der Waals surface area contributed by atoms with Gasteiger partial charge in [-0.2, -0.15) is 0 Å². The van der Waals surface area contributed by atoms with Crippen molar-refractivity contribution in [3.8, 4) is 55.6 Å². The number of nitrogens with zero attached hydrogens (tertiary/aromatic N) is 2. The summed E-state index contributed by atoms with van der Waals surface area (Å²) < 4.78 is 0. The molecule has 10 aromatic carbocycles. The molecule has 2 heteroatoms. The minimum absolute atomic E-state index is 1.10. The Morgan fingerprint density at radius 1 is 0.161 bits per heavy atom. The molecule has 0 aromatic heterocycles. The van der Waals surface area contributed by atoms with Crippen molar-refractivity contribution in [2.45, 2.75) is 0 Å². The lowest BCUT2D eigenvalue weighted by molar-refractivity contribution is 1.28. The molecular weight excluding hydrogens is 749 g/mol. The van der Waals surface area contributed by atoms with Gasteiger partial charge in [0, 0.05) is 34.0 Å². The lowest BCUT2D eigenvalue weighted by Crippen LogP contribution is -2.11. The SMILES string of the molecule is c1ccc(-c2ccc(N(c3ccccc3)c3ccc(-c4ccc(-c5ccccc5N(c5ccc(-c6ccccc6)cc5)c5ccc(-c6ccccc6)cc5)cc4)cc3)cc2)cc1. The summed E-state index contributed by atoms with van der Waals surface area (Å²) in [6, 6.07) is 95.5. The first-order chi connectivity index (χ1) is 30.7. The fourth-order valence-electron chi connectivity index (χ4n) is 8.31. The van der Waals surface area contributed by atoms with Crippen LogP contribution in [0.1, 0.15) is 0 Å². The molecule has 0 fully saturated rings. The van der Waals surface area contributed by atoms with Crippen molar-refractivity contribution in [3.63, 3.8) is 0 Å². The number of hydrogen-bond donors (Lipinski definition) is 0. The molecule has 294 valence electrons. The Morgan fingerprint density at radius 3 is 0.774 bits per heavy atom. The highest BCUT2D eigenvalue weighted by atomic mass is 15.1. The van der Waals surface area contributed by atoms with Gasteiger partial charge in [-0.25, -0.2) is 0 Å². The third-order valence-corrected chi connectivity index (χ3v) is 11.5. The predicted molar refractivity (Wildman–Crippen MR) is 263 cm³/mol. The Labute approximate surface area is 364 Å². The van der Waals surface area contributed by atoms with Gasteiger partial charge >= 0.3 is 0 Å². The second-order valence-electron chi connectivity index (χ2n) is 15.4. The fourth-order valence-corrected chi connectivity index (χ4v) is 8.31.